The van der Waals surface area contributed by atoms with Crippen LogP contribution in [0.2, 0.25) is 18.1 Å². The number of rotatable bonds is 5. The van der Waals surface area contributed by atoms with E-state index >= 15 is 0 Å². The zero-order chi connectivity index (χ0) is 20.1. The monoisotopic (exact) mass is 380 g/mol. The van der Waals surface area contributed by atoms with Crippen LogP contribution in [0.3, 0.4) is 0 Å². The molecule has 148 valence electrons. The van der Waals surface area contributed by atoms with Gasteiger partial charge in [0.2, 0.25) is 0 Å². The lowest BCUT2D eigenvalue weighted by Crippen LogP contribution is -2.42. The van der Waals surface area contributed by atoms with Gasteiger partial charge in [-0.2, -0.15) is 5.10 Å². The zero-order valence-corrected chi connectivity index (χ0v) is 19.6. The van der Waals surface area contributed by atoms with Crippen molar-refractivity contribution >= 4 is 20.9 Å². The predicted molar refractivity (Wildman–Crippen MR) is 110 cm³/mol. The van der Waals surface area contributed by atoms with Gasteiger partial charge in [0.05, 0.1) is 23.5 Å². The Morgan fingerprint density at radius 3 is 2.04 bits per heavy atom. The number of hydrogen-bond acceptors (Lipinski definition) is 4. The highest BCUT2D eigenvalue weighted by Crippen LogP contribution is 2.38. The summed E-state index contributed by atoms with van der Waals surface area (Å²) < 4.78 is 21.1. The molecule has 0 bridgehead atoms. The number of nitrogens with zero attached hydrogens (tertiary/aromatic N) is 2. The predicted octanol–water partition coefficient (Wildman–Crippen LogP) is 3.80. The molecule has 2 rings (SSSR count). The SMILES string of the molecule is CCc1c(B2OC(C)(C)C(C)(C)O2)c(CO[Si](C)(C)C(C)(C)C)nn1C. The van der Waals surface area contributed by atoms with Gasteiger partial charge in [-0.1, -0.05) is 27.7 Å². The van der Waals surface area contributed by atoms with E-state index in [0.29, 0.717) is 6.61 Å². The Labute approximate surface area is 161 Å². The second kappa shape index (κ2) is 6.76. The van der Waals surface area contributed by atoms with Gasteiger partial charge >= 0.3 is 7.12 Å². The largest absolute Gasteiger partial charge is 0.498 e. The Hall–Kier alpha value is -0.628. The van der Waals surface area contributed by atoms with Crippen LogP contribution in [-0.4, -0.2) is 36.4 Å². The standard InChI is InChI=1S/C19H37BN2O3Si/c1-12-15-16(20-24-18(5,6)19(7,8)25-20)14(21-22(15)9)13-23-26(10,11)17(2,3)4/h12-13H2,1-11H3. The molecule has 1 saturated heterocycles. The van der Waals surface area contributed by atoms with Crippen molar-refractivity contribution in [3.8, 4) is 0 Å². The molecule has 1 aliphatic heterocycles. The average Bonchev–Trinajstić information content (AvgIpc) is 2.88. The Kier molecular flexibility index (Phi) is 5.64. The first kappa shape index (κ1) is 21.7. The zero-order valence-electron chi connectivity index (χ0n) is 18.6. The summed E-state index contributed by atoms with van der Waals surface area (Å²) >= 11 is 0. The van der Waals surface area contributed by atoms with Gasteiger partial charge in [0.15, 0.2) is 8.32 Å². The lowest BCUT2D eigenvalue weighted by Gasteiger charge is -2.36. The van der Waals surface area contributed by atoms with Crippen LogP contribution in [0.25, 0.3) is 0 Å². The highest BCUT2D eigenvalue weighted by molar-refractivity contribution is 6.74. The third-order valence-corrected chi connectivity index (χ3v) is 11.0. The number of aryl methyl sites for hydroxylation is 1. The highest BCUT2D eigenvalue weighted by atomic mass is 28.4. The molecule has 2 heterocycles. The molecule has 0 radical (unpaired) electrons. The molecule has 0 atom stereocenters. The first-order chi connectivity index (χ1) is 11.6. The van der Waals surface area contributed by atoms with Gasteiger partial charge in [0.1, 0.15) is 0 Å². The van der Waals surface area contributed by atoms with E-state index in [0.717, 1.165) is 23.3 Å². The molecule has 1 aliphatic rings. The summed E-state index contributed by atoms with van der Waals surface area (Å²) in [5.74, 6) is 0. The van der Waals surface area contributed by atoms with E-state index in [-0.39, 0.29) is 16.2 Å². The molecule has 0 aliphatic carbocycles. The van der Waals surface area contributed by atoms with E-state index in [4.69, 9.17) is 18.8 Å². The molecule has 7 heteroatoms. The minimum Gasteiger partial charge on any atom is -0.411 e. The average molecular weight is 380 g/mol. The topological polar surface area (TPSA) is 45.5 Å². The smallest absolute Gasteiger partial charge is 0.411 e. The summed E-state index contributed by atoms with van der Waals surface area (Å²) in [5, 5.41) is 4.93. The van der Waals surface area contributed by atoms with Gasteiger partial charge < -0.3 is 13.7 Å². The second-order valence-corrected chi connectivity index (χ2v) is 14.7. The van der Waals surface area contributed by atoms with E-state index in [1.165, 1.54) is 0 Å². The van der Waals surface area contributed by atoms with E-state index in [9.17, 15) is 0 Å². The molecule has 1 aromatic heterocycles. The first-order valence-corrected chi connectivity index (χ1v) is 12.6. The Balaban J connectivity index is 2.36. The lowest BCUT2D eigenvalue weighted by atomic mass is 9.76. The molecular weight excluding hydrogens is 343 g/mol. The molecule has 0 aromatic carbocycles. The molecule has 5 nitrogen and oxygen atoms in total. The minimum atomic E-state index is -1.86. The van der Waals surface area contributed by atoms with Crippen molar-refractivity contribution in [2.24, 2.45) is 7.05 Å². The van der Waals surface area contributed by atoms with Crippen molar-refractivity contribution in [1.82, 2.24) is 9.78 Å². The summed E-state index contributed by atoms with van der Waals surface area (Å²) in [6.45, 7) is 22.3. The van der Waals surface area contributed by atoms with Crippen LogP contribution < -0.4 is 5.46 Å². The van der Waals surface area contributed by atoms with Crippen molar-refractivity contribution in [2.45, 2.75) is 97.8 Å². The molecule has 0 spiro atoms. The molecule has 0 N–H and O–H groups in total. The fraction of sp³-hybridized carbons (Fsp3) is 0.842. The third-order valence-electron chi connectivity index (χ3n) is 6.48. The van der Waals surface area contributed by atoms with E-state index in [1.54, 1.807) is 0 Å². The van der Waals surface area contributed by atoms with E-state index < -0.39 is 15.4 Å². The van der Waals surface area contributed by atoms with Crippen LogP contribution in [0.1, 0.15) is 66.8 Å². The van der Waals surface area contributed by atoms with Crippen molar-refractivity contribution in [2.75, 3.05) is 0 Å². The molecule has 1 aromatic rings. The molecule has 0 unspecified atom stereocenters. The maximum absolute atomic E-state index is 6.45. The third kappa shape index (κ3) is 3.82. The van der Waals surface area contributed by atoms with Crippen molar-refractivity contribution in [3.63, 3.8) is 0 Å². The summed E-state index contributed by atoms with van der Waals surface area (Å²) in [6.07, 6.45) is 0.878. The van der Waals surface area contributed by atoms with E-state index in [2.05, 4.69) is 68.5 Å². The highest BCUT2D eigenvalue weighted by Gasteiger charge is 2.53. The minimum absolute atomic E-state index is 0.167. The van der Waals surface area contributed by atoms with Crippen molar-refractivity contribution < 1.29 is 13.7 Å². The fourth-order valence-electron chi connectivity index (χ4n) is 2.86. The quantitative estimate of drug-likeness (QED) is 0.729. The van der Waals surface area contributed by atoms with Crippen molar-refractivity contribution in [1.29, 1.82) is 0 Å². The molecule has 0 amide bonds. The first-order valence-electron chi connectivity index (χ1n) is 9.67. The normalized spacial score (nSPS) is 20.0. The Bertz CT molecular complexity index is 646. The van der Waals surface area contributed by atoms with Crippen LogP contribution in [0.15, 0.2) is 0 Å². The molecule has 0 saturated carbocycles. The number of aromatic nitrogens is 2. The Morgan fingerprint density at radius 2 is 1.62 bits per heavy atom. The van der Waals surface area contributed by atoms with Gasteiger partial charge in [0, 0.05) is 18.2 Å². The summed E-state index contributed by atoms with van der Waals surface area (Å²) in [7, 11) is -0.268. The summed E-state index contributed by atoms with van der Waals surface area (Å²) in [6, 6.07) is 0. The summed E-state index contributed by atoms with van der Waals surface area (Å²) in [4.78, 5) is 0. The van der Waals surface area contributed by atoms with Crippen LogP contribution in [-0.2, 0) is 33.8 Å². The van der Waals surface area contributed by atoms with Crippen LogP contribution >= 0.6 is 0 Å². The second-order valence-electron chi connectivity index (χ2n) is 9.92. The maximum atomic E-state index is 6.45. The molecule has 1 fully saturated rings. The van der Waals surface area contributed by atoms with E-state index in [1.807, 2.05) is 11.7 Å². The van der Waals surface area contributed by atoms with Gasteiger partial charge in [-0.25, -0.2) is 0 Å². The van der Waals surface area contributed by atoms with Gasteiger partial charge in [0.25, 0.3) is 0 Å². The van der Waals surface area contributed by atoms with Crippen LogP contribution in [0.5, 0.6) is 0 Å². The summed E-state index contributed by atoms with van der Waals surface area (Å²) in [5.41, 5.74) is 2.41. The Morgan fingerprint density at radius 1 is 1.12 bits per heavy atom. The van der Waals surface area contributed by atoms with Crippen LogP contribution in [0.4, 0.5) is 0 Å². The fourth-order valence-corrected chi connectivity index (χ4v) is 3.79. The van der Waals surface area contributed by atoms with Crippen LogP contribution in [0, 0.1) is 0 Å². The molecular formula is C19H37BN2O3Si. The molecule has 26 heavy (non-hydrogen) atoms. The number of hydrogen-bond donors (Lipinski definition) is 0. The van der Waals surface area contributed by atoms with Gasteiger partial charge in [-0.05, 0) is 52.2 Å². The maximum Gasteiger partial charge on any atom is 0.498 e. The van der Waals surface area contributed by atoms with Gasteiger partial charge in [-0.3, -0.25) is 4.68 Å². The van der Waals surface area contributed by atoms with Crippen molar-refractivity contribution in [3.05, 3.63) is 11.4 Å². The van der Waals surface area contributed by atoms with Gasteiger partial charge in [-0.15, -0.1) is 0 Å². The lowest BCUT2D eigenvalue weighted by molar-refractivity contribution is 0.00578.